The van der Waals surface area contributed by atoms with Crippen LogP contribution in [0.2, 0.25) is 0 Å². The summed E-state index contributed by atoms with van der Waals surface area (Å²) in [4.78, 5) is 0. The van der Waals surface area contributed by atoms with Crippen LogP contribution in [0.1, 0.15) is 5.56 Å². The van der Waals surface area contributed by atoms with E-state index >= 15 is 0 Å². The first-order chi connectivity index (χ1) is 4.74. The molecule has 0 radical (unpaired) electrons. The third kappa shape index (κ3) is 1.42. The second kappa shape index (κ2) is 2.93. The fourth-order valence-electron chi connectivity index (χ4n) is 0.624. The van der Waals surface area contributed by atoms with Crippen molar-refractivity contribution in [2.24, 2.45) is 0 Å². The maximum Gasteiger partial charge on any atom is 0.131 e. The number of hydrogen-bond donors (Lipinski definition) is 1. The molecular formula is C8H5IO. The van der Waals surface area contributed by atoms with Crippen molar-refractivity contribution in [2.45, 2.75) is 0 Å². The van der Waals surface area contributed by atoms with E-state index in [4.69, 9.17) is 11.5 Å². The Morgan fingerprint density at radius 2 is 2.20 bits per heavy atom. The Balaban J connectivity index is 3.25. The lowest BCUT2D eigenvalue weighted by Gasteiger charge is -1.95. The Morgan fingerprint density at radius 1 is 1.50 bits per heavy atom. The lowest BCUT2D eigenvalue weighted by molar-refractivity contribution is 0.473. The van der Waals surface area contributed by atoms with Gasteiger partial charge >= 0.3 is 0 Å². The molecule has 10 heavy (non-hydrogen) atoms. The van der Waals surface area contributed by atoms with Crippen LogP contribution in [0.4, 0.5) is 0 Å². The highest BCUT2D eigenvalue weighted by Crippen LogP contribution is 2.17. The average Bonchev–Trinajstić information content (AvgIpc) is 1.94. The zero-order chi connectivity index (χ0) is 7.56. The summed E-state index contributed by atoms with van der Waals surface area (Å²) in [5, 5.41) is 9.09. The number of rotatable bonds is 0. The number of phenols is 1. The molecule has 0 atom stereocenters. The van der Waals surface area contributed by atoms with Gasteiger partial charge < -0.3 is 5.11 Å². The molecule has 1 N–H and O–H groups in total. The highest BCUT2D eigenvalue weighted by atomic mass is 127. The molecule has 0 saturated carbocycles. The Bertz CT molecular complexity index is 286. The smallest absolute Gasteiger partial charge is 0.131 e. The fraction of sp³-hybridized carbons (Fsp3) is 0. The third-order valence-electron chi connectivity index (χ3n) is 1.11. The first kappa shape index (κ1) is 7.42. The maximum absolute atomic E-state index is 9.09. The normalized spacial score (nSPS) is 8.80. The molecule has 0 aromatic heterocycles. The van der Waals surface area contributed by atoms with Crippen molar-refractivity contribution in [1.82, 2.24) is 0 Å². The Kier molecular flexibility index (Phi) is 2.17. The average molecular weight is 244 g/mol. The van der Waals surface area contributed by atoms with Gasteiger partial charge in [-0.2, -0.15) is 0 Å². The lowest BCUT2D eigenvalue weighted by atomic mass is 10.2. The lowest BCUT2D eigenvalue weighted by Crippen LogP contribution is -1.76. The molecule has 0 heterocycles. The molecule has 1 rings (SSSR count). The molecule has 0 spiro atoms. The van der Waals surface area contributed by atoms with Crippen molar-refractivity contribution in [3.05, 3.63) is 27.3 Å². The third-order valence-corrected chi connectivity index (χ3v) is 1.79. The van der Waals surface area contributed by atoms with E-state index in [1.807, 2.05) is 0 Å². The van der Waals surface area contributed by atoms with Gasteiger partial charge in [-0.3, -0.25) is 0 Å². The van der Waals surface area contributed by atoms with Crippen LogP contribution < -0.4 is 0 Å². The van der Waals surface area contributed by atoms with E-state index in [-0.39, 0.29) is 5.75 Å². The minimum absolute atomic E-state index is 0.169. The van der Waals surface area contributed by atoms with Gasteiger partial charge in [0.15, 0.2) is 0 Å². The molecule has 0 fully saturated rings. The van der Waals surface area contributed by atoms with Gasteiger partial charge in [0, 0.05) is 3.57 Å². The molecule has 0 aliphatic carbocycles. The van der Waals surface area contributed by atoms with Gasteiger partial charge in [0.05, 0.1) is 5.56 Å². The van der Waals surface area contributed by atoms with Crippen molar-refractivity contribution in [2.75, 3.05) is 0 Å². The van der Waals surface area contributed by atoms with Gasteiger partial charge in [-0.05, 0) is 40.8 Å². The van der Waals surface area contributed by atoms with Gasteiger partial charge in [0.25, 0.3) is 0 Å². The van der Waals surface area contributed by atoms with E-state index in [9.17, 15) is 0 Å². The van der Waals surface area contributed by atoms with Crippen LogP contribution in [0.5, 0.6) is 5.75 Å². The Morgan fingerprint density at radius 3 is 2.70 bits per heavy atom. The topological polar surface area (TPSA) is 20.2 Å². The van der Waals surface area contributed by atoms with Crippen molar-refractivity contribution in [3.8, 4) is 18.1 Å². The molecule has 0 bridgehead atoms. The molecule has 0 amide bonds. The van der Waals surface area contributed by atoms with Crippen LogP contribution in [-0.2, 0) is 0 Å². The van der Waals surface area contributed by atoms with Gasteiger partial charge in [0.1, 0.15) is 5.75 Å². The van der Waals surface area contributed by atoms with Gasteiger partial charge in [-0.15, -0.1) is 6.42 Å². The molecular weight excluding hydrogens is 239 g/mol. The predicted molar refractivity (Wildman–Crippen MR) is 48.8 cm³/mol. The molecule has 0 unspecified atom stereocenters. The number of terminal acetylenes is 1. The molecule has 1 aromatic carbocycles. The zero-order valence-corrected chi connectivity index (χ0v) is 7.29. The second-order valence-electron chi connectivity index (χ2n) is 1.81. The first-order valence-corrected chi connectivity index (χ1v) is 3.77. The standard InChI is InChI=1S/C8H5IO/c1-2-6-5-7(9)3-4-8(6)10/h1,3-5,10H. The van der Waals surface area contributed by atoms with Gasteiger partial charge in [0.2, 0.25) is 0 Å². The summed E-state index contributed by atoms with van der Waals surface area (Å²) in [6.45, 7) is 0. The summed E-state index contributed by atoms with van der Waals surface area (Å²) in [7, 11) is 0. The summed E-state index contributed by atoms with van der Waals surface area (Å²) >= 11 is 2.14. The molecule has 2 heteroatoms. The van der Waals surface area contributed by atoms with Crippen LogP contribution in [0.15, 0.2) is 18.2 Å². The van der Waals surface area contributed by atoms with Crippen molar-refractivity contribution in [3.63, 3.8) is 0 Å². The summed E-state index contributed by atoms with van der Waals surface area (Å²) in [6.07, 6.45) is 5.11. The second-order valence-corrected chi connectivity index (χ2v) is 3.05. The monoisotopic (exact) mass is 244 g/mol. The van der Waals surface area contributed by atoms with Crippen LogP contribution >= 0.6 is 22.6 Å². The summed E-state index contributed by atoms with van der Waals surface area (Å²) in [5.41, 5.74) is 0.548. The predicted octanol–water partition coefficient (Wildman–Crippen LogP) is 1.98. The van der Waals surface area contributed by atoms with Gasteiger partial charge in [-0.1, -0.05) is 5.92 Å². The molecule has 50 valence electrons. The van der Waals surface area contributed by atoms with Gasteiger partial charge in [-0.25, -0.2) is 0 Å². The van der Waals surface area contributed by atoms with E-state index in [0.717, 1.165) is 3.57 Å². The maximum atomic E-state index is 9.09. The SMILES string of the molecule is C#Cc1cc(I)ccc1O. The zero-order valence-electron chi connectivity index (χ0n) is 5.13. The van der Waals surface area contributed by atoms with E-state index in [0.29, 0.717) is 5.56 Å². The van der Waals surface area contributed by atoms with E-state index in [1.54, 1.807) is 18.2 Å². The minimum Gasteiger partial charge on any atom is -0.507 e. The summed E-state index contributed by atoms with van der Waals surface area (Å²) in [5.74, 6) is 2.55. The molecule has 0 aliphatic heterocycles. The molecule has 0 aliphatic rings. The van der Waals surface area contributed by atoms with E-state index < -0.39 is 0 Å². The summed E-state index contributed by atoms with van der Waals surface area (Å²) in [6, 6.07) is 5.16. The highest BCUT2D eigenvalue weighted by Gasteiger charge is 1.95. The number of aromatic hydroxyl groups is 1. The number of benzene rings is 1. The molecule has 1 aromatic rings. The largest absolute Gasteiger partial charge is 0.507 e. The molecule has 0 saturated heterocycles. The number of halogens is 1. The van der Waals surface area contributed by atoms with Crippen molar-refractivity contribution >= 4 is 22.6 Å². The number of phenolic OH excluding ortho intramolecular Hbond substituents is 1. The van der Waals surface area contributed by atoms with Crippen molar-refractivity contribution < 1.29 is 5.11 Å². The first-order valence-electron chi connectivity index (χ1n) is 2.69. The molecule has 1 nitrogen and oxygen atoms in total. The Labute approximate surface area is 73.2 Å². The Hall–Kier alpha value is -0.690. The summed E-state index contributed by atoms with van der Waals surface area (Å²) < 4.78 is 1.03. The number of hydrogen-bond acceptors (Lipinski definition) is 1. The van der Waals surface area contributed by atoms with Crippen LogP contribution in [0.3, 0.4) is 0 Å². The van der Waals surface area contributed by atoms with E-state index in [1.165, 1.54) is 0 Å². The quantitative estimate of drug-likeness (QED) is 0.546. The van der Waals surface area contributed by atoms with Crippen LogP contribution in [0.25, 0.3) is 0 Å². The fourth-order valence-corrected chi connectivity index (χ4v) is 1.12. The minimum atomic E-state index is 0.169. The van der Waals surface area contributed by atoms with Crippen LogP contribution in [-0.4, -0.2) is 5.11 Å². The van der Waals surface area contributed by atoms with Crippen molar-refractivity contribution in [1.29, 1.82) is 0 Å². The highest BCUT2D eigenvalue weighted by molar-refractivity contribution is 14.1. The van der Waals surface area contributed by atoms with Crippen LogP contribution in [0, 0.1) is 15.9 Å². The van der Waals surface area contributed by atoms with E-state index in [2.05, 4.69) is 28.5 Å².